The van der Waals surface area contributed by atoms with Crippen molar-refractivity contribution in [1.29, 1.82) is 0 Å². The average molecular weight is 488 g/mol. The molecule has 4 aromatic rings. The summed E-state index contributed by atoms with van der Waals surface area (Å²) in [4.78, 5) is 32.9. The first kappa shape index (κ1) is 22.3. The molecule has 5 nitrogen and oxygen atoms in total. The molecule has 1 atom stereocenters. The summed E-state index contributed by atoms with van der Waals surface area (Å²) in [6.07, 6.45) is 0.187. The molecule has 170 valence electrons. The van der Waals surface area contributed by atoms with Gasteiger partial charge in [-0.2, -0.15) is 0 Å². The molecule has 2 heterocycles. The van der Waals surface area contributed by atoms with Crippen LogP contribution in [0.4, 0.5) is 11.4 Å². The van der Waals surface area contributed by atoms with Crippen LogP contribution >= 0.6 is 22.9 Å². The zero-order valence-corrected chi connectivity index (χ0v) is 20.1. The van der Waals surface area contributed by atoms with Crippen molar-refractivity contribution in [3.63, 3.8) is 0 Å². The zero-order valence-electron chi connectivity index (χ0n) is 18.5. The highest BCUT2D eigenvalue weighted by Crippen LogP contribution is 2.34. The quantitative estimate of drug-likeness (QED) is 0.353. The van der Waals surface area contributed by atoms with Gasteiger partial charge in [-0.1, -0.05) is 54.1 Å². The Morgan fingerprint density at radius 2 is 1.71 bits per heavy atom. The Morgan fingerprint density at radius 3 is 2.41 bits per heavy atom. The molecule has 1 unspecified atom stereocenters. The van der Waals surface area contributed by atoms with Gasteiger partial charge >= 0.3 is 0 Å². The molecule has 0 saturated carbocycles. The van der Waals surface area contributed by atoms with Crippen molar-refractivity contribution < 1.29 is 9.59 Å². The molecule has 2 amide bonds. The standard InChI is InChI=1S/C27H22ClN3O2S/c1-17-25(30-27(34-17)19-5-3-2-4-6-19)18-7-11-22(12-8-18)29-26(33)20-15-24(32)31(16-20)23-13-9-21(28)10-14-23/h2-14,20H,15-16H2,1H3,(H,29,33). The minimum Gasteiger partial charge on any atom is -0.326 e. The molecule has 1 N–H and O–H groups in total. The van der Waals surface area contributed by atoms with Gasteiger partial charge in [-0.05, 0) is 43.3 Å². The molecule has 1 aromatic heterocycles. The van der Waals surface area contributed by atoms with Crippen molar-refractivity contribution in [2.75, 3.05) is 16.8 Å². The predicted molar refractivity (Wildman–Crippen MR) is 138 cm³/mol. The van der Waals surface area contributed by atoms with Crippen LogP contribution in [-0.2, 0) is 9.59 Å². The van der Waals surface area contributed by atoms with Gasteiger partial charge in [0.2, 0.25) is 11.8 Å². The van der Waals surface area contributed by atoms with E-state index in [0.29, 0.717) is 17.3 Å². The summed E-state index contributed by atoms with van der Waals surface area (Å²) >= 11 is 7.61. The van der Waals surface area contributed by atoms with E-state index in [1.807, 2.05) is 42.5 Å². The maximum absolute atomic E-state index is 12.8. The fourth-order valence-corrected chi connectivity index (χ4v) is 5.15. The van der Waals surface area contributed by atoms with Gasteiger partial charge in [0.15, 0.2) is 0 Å². The number of carbonyl (C=O) groups excluding carboxylic acids is 2. The number of nitrogens with zero attached hydrogens (tertiary/aromatic N) is 2. The molecular weight excluding hydrogens is 466 g/mol. The first-order chi connectivity index (χ1) is 16.5. The van der Waals surface area contributed by atoms with Crippen LogP contribution in [0.3, 0.4) is 0 Å². The first-order valence-electron chi connectivity index (χ1n) is 11.0. The summed E-state index contributed by atoms with van der Waals surface area (Å²) in [6.45, 7) is 2.42. The second-order valence-corrected chi connectivity index (χ2v) is 9.88. The van der Waals surface area contributed by atoms with E-state index in [0.717, 1.165) is 32.4 Å². The van der Waals surface area contributed by atoms with Crippen molar-refractivity contribution in [3.8, 4) is 21.8 Å². The summed E-state index contributed by atoms with van der Waals surface area (Å²) in [5.74, 6) is -0.628. The van der Waals surface area contributed by atoms with Gasteiger partial charge in [-0.25, -0.2) is 4.98 Å². The molecular formula is C27H22ClN3O2S. The van der Waals surface area contributed by atoms with E-state index in [-0.39, 0.29) is 18.2 Å². The summed E-state index contributed by atoms with van der Waals surface area (Å²) in [6, 6.07) is 24.9. The zero-order chi connectivity index (χ0) is 23.7. The van der Waals surface area contributed by atoms with Gasteiger partial charge < -0.3 is 10.2 Å². The fraction of sp³-hybridized carbons (Fsp3) is 0.148. The van der Waals surface area contributed by atoms with Gasteiger partial charge in [0.25, 0.3) is 0 Å². The van der Waals surface area contributed by atoms with Crippen LogP contribution in [0.2, 0.25) is 5.02 Å². The topological polar surface area (TPSA) is 62.3 Å². The third-order valence-corrected chi connectivity index (χ3v) is 7.15. The number of amides is 2. The molecule has 3 aromatic carbocycles. The van der Waals surface area contributed by atoms with Crippen LogP contribution in [-0.4, -0.2) is 23.3 Å². The van der Waals surface area contributed by atoms with E-state index < -0.39 is 5.92 Å². The van der Waals surface area contributed by atoms with Crippen LogP contribution in [0, 0.1) is 12.8 Å². The summed E-state index contributed by atoms with van der Waals surface area (Å²) in [5, 5.41) is 4.55. The van der Waals surface area contributed by atoms with Crippen LogP contribution in [0.1, 0.15) is 11.3 Å². The van der Waals surface area contributed by atoms with Gasteiger partial charge in [0.05, 0.1) is 11.6 Å². The lowest BCUT2D eigenvalue weighted by atomic mass is 10.1. The van der Waals surface area contributed by atoms with Gasteiger partial charge in [-0.3, -0.25) is 9.59 Å². The van der Waals surface area contributed by atoms with Crippen molar-refractivity contribution in [3.05, 3.63) is 88.8 Å². The van der Waals surface area contributed by atoms with Gasteiger partial charge in [0.1, 0.15) is 5.01 Å². The molecule has 5 rings (SSSR count). The molecule has 7 heteroatoms. The highest BCUT2D eigenvalue weighted by molar-refractivity contribution is 7.15. The van der Waals surface area contributed by atoms with Crippen molar-refractivity contribution >= 4 is 46.1 Å². The monoisotopic (exact) mass is 487 g/mol. The highest BCUT2D eigenvalue weighted by atomic mass is 35.5. The fourth-order valence-electron chi connectivity index (χ4n) is 4.08. The van der Waals surface area contributed by atoms with E-state index in [4.69, 9.17) is 16.6 Å². The number of hydrogen-bond acceptors (Lipinski definition) is 4. The van der Waals surface area contributed by atoms with E-state index in [1.165, 1.54) is 0 Å². The average Bonchev–Trinajstić information content (AvgIpc) is 3.44. The number of nitrogens with one attached hydrogen (secondary N) is 1. The molecule has 1 aliphatic heterocycles. The summed E-state index contributed by atoms with van der Waals surface area (Å²) < 4.78 is 0. The maximum Gasteiger partial charge on any atom is 0.229 e. The first-order valence-corrected chi connectivity index (χ1v) is 12.2. The van der Waals surface area contributed by atoms with Gasteiger partial charge in [0, 0.05) is 45.4 Å². The van der Waals surface area contributed by atoms with E-state index >= 15 is 0 Å². The second kappa shape index (κ2) is 9.41. The minimum absolute atomic E-state index is 0.0638. The SMILES string of the molecule is Cc1sc(-c2ccccc2)nc1-c1ccc(NC(=O)C2CC(=O)N(c3ccc(Cl)cc3)C2)cc1. The highest BCUT2D eigenvalue weighted by Gasteiger charge is 2.35. The van der Waals surface area contributed by atoms with Crippen LogP contribution in [0.15, 0.2) is 78.9 Å². The number of hydrogen-bond donors (Lipinski definition) is 1. The summed E-state index contributed by atoms with van der Waals surface area (Å²) in [5.41, 5.74) is 4.50. The van der Waals surface area contributed by atoms with Crippen molar-refractivity contribution in [1.82, 2.24) is 4.98 Å². The van der Waals surface area contributed by atoms with Gasteiger partial charge in [-0.15, -0.1) is 11.3 Å². The van der Waals surface area contributed by atoms with Crippen LogP contribution in [0.25, 0.3) is 21.8 Å². The number of anilines is 2. The number of carbonyl (C=O) groups is 2. The maximum atomic E-state index is 12.8. The lowest BCUT2D eigenvalue weighted by Gasteiger charge is -2.16. The molecule has 0 radical (unpaired) electrons. The molecule has 1 saturated heterocycles. The Bertz CT molecular complexity index is 1330. The Labute approximate surface area is 207 Å². The molecule has 0 bridgehead atoms. The van der Waals surface area contributed by atoms with Crippen molar-refractivity contribution in [2.24, 2.45) is 5.92 Å². The van der Waals surface area contributed by atoms with Crippen LogP contribution in [0.5, 0.6) is 0 Å². The number of aromatic nitrogens is 1. The number of halogens is 1. The third kappa shape index (κ3) is 4.60. The Hall–Kier alpha value is -3.48. The lowest BCUT2D eigenvalue weighted by Crippen LogP contribution is -2.28. The number of benzene rings is 3. The van der Waals surface area contributed by atoms with E-state index in [1.54, 1.807) is 40.5 Å². The Balaban J connectivity index is 1.26. The van der Waals surface area contributed by atoms with E-state index in [9.17, 15) is 9.59 Å². The molecule has 0 spiro atoms. The molecule has 1 aliphatic rings. The third-order valence-electron chi connectivity index (χ3n) is 5.88. The lowest BCUT2D eigenvalue weighted by molar-refractivity contribution is -0.122. The molecule has 0 aliphatic carbocycles. The summed E-state index contributed by atoms with van der Waals surface area (Å²) in [7, 11) is 0. The number of rotatable bonds is 5. The van der Waals surface area contributed by atoms with Crippen LogP contribution < -0.4 is 10.2 Å². The largest absolute Gasteiger partial charge is 0.326 e. The normalized spacial score (nSPS) is 15.5. The molecule has 34 heavy (non-hydrogen) atoms. The molecule has 1 fully saturated rings. The number of aryl methyl sites for hydroxylation is 1. The minimum atomic E-state index is -0.405. The Morgan fingerprint density at radius 1 is 1.00 bits per heavy atom. The van der Waals surface area contributed by atoms with Crippen molar-refractivity contribution in [2.45, 2.75) is 13.3 Å². The van der Waals surface area contributed by atoms with E-state index in [2.05, 4.69) is 24.4 Å². The predicted octanol–water partition coefficient (Wildman–Crippen LogP) is 6.43. The second-order valence-electron chi connectivity index (χ2n) is 8.24. The Kier molecular flexibility index (Phi) is 6.18. The smallest absolute Gasteiger partial charge is 0.229 e. The number of thiazole rings is 1.